The van der Waals surface area contributed by atoms with Crippen molar-refractivity contribution >= 4 is 5.95 Å². The molecular weight excluding hydrogens is 176 g/mol. The average molecular weight is 194 g/mol. The fourth-order valence-corrected chi connectivity index (χ4v) is 1.14. The molecule has 0 fully saturated rings. The number of aromatic nitrogens is 2. The summed E-state index contributed by atoms with van der Waals surface area (Å²) in [6, 6.07) is 1.83. The third kappa shape index (κ3) is 3.70. The van der Waals surface area contributed by atoms with Crippen molar-refractivity contribution in [3.63, 3.8) is 0 Å². The van der Waals surface area contributed by atoms with Crippen LogP contribution in [-0.4, -0.2) is 36.6 Å². The molecule has 1 aromatic heterocycles. The lowest BCUT2D eigenvalue weighted by molar-refractivity contribution is 0.661. The van der Waals surface area contributed by atoms with Crippen LogP contribution in [0.5, 0.6) is 0 Å². The van der Waals surface area contributed by atoms with Crippen LogP contribution in [-0.2, 0) is 0 Å². The monoisotopic (exact) mass is 194 g/mol. The van der Waals surface area contributed by atoms with Crippen molar-refractivity contribution in [2.45, 2.75) is 13.3 Å². The normalized spacial score (nSPS) is 10.1. The van der Waals surface area contributed by atoms with Crippen molar-refractivity contribution in [2.24, 2.45) is 0 Å². The summed E-state index contributed by atoms with van der Waals surface area (Å²) in [4.78, 5) is 10.4. The molecule has 0 saturated carbocycles. The van der Waals surface area contributed by atoms with Gasteiger partial charge < -0.3 is 10.2 Å². The van der Waals surface area contributed by atoms with E-state index in [1.165, 1.54) is 6.42 Å². The fraction of sp³-hybridized carbons (Fsp3) is 0.600. The zero-order valence-corrected chi connectivity index (χ0v) is 8.90. The van der Waals surface area contributed by atoms with Crippen LogP contribution in [0.15, 0.2) is 18.5 Å². The Morgan fingerprint density at radius 1 is 1.29 bits per heavy atom. The predicted molar refractivity (Wildman–Crippen MR) is 58.5 cm³/mol. The van der Waals surface area contributed by atoms with Gasteiger partial charge in [-0.05, 0) is 19.0 Å². The molecule has 1 rings (SSSR count). The summed E-state index contributed by atoms with van der Waals surface area (Å²) in [5, 5.41) is 3.34. The Bertz CT molecular complexity index is 237. The van der Waals surface area contributed by atoms with Crippen molar-refractivity contribution in [2.75, 3.05) is 31.6 Å². The molecule has 1 N–H and O–H groups in total. The number of anilines is 1. The largest absolute Gasteiger partial charge is 0.343 e. The van der Waals surface area contributed by atoms with Gasteiger partial charge in [-0.3, -0.25) is 0 Å². The van der Waals surface area contributed by atoms with Crippen molar-refractivity contribution in [3.8, 4) is 0 Å². The Morgan fingerprint density at radius 2 is 2.00 bits per heavy atom. The molecule has 0 radical (unpaired) electrons. The molecule has 0 aromatic carbocycles. The lowest BCUT2D eigenvalue weighted by atomic mass is 10.4. The van der Waals surface area contributed by atoms with Crippen molar-refractivity contribution in [1.29, 1.82) is 0 Å². The molecule has 0 atom stereocenters. The Kier molecular flexibility index (Phi) is 4.93. The summed E-state index contributed by atoms with van der Waals surface area (Å²) >= 11 is 0. The summed E-state index contributed by atoms with van der Waals surface area (Å²) in [7, 11) is 2.00. The molecule has 78 valence electrons. The van der Waals surface area contributed by atoms with Gasteiger partial charge in [-0.1, -0.05) is 6.92 Å². The van der Waals surface area contributed by atoms with Gasteiger partial charge in [-0.15, -0.1) is 0 Å². The third-order valence-electron chi connectivity index (χ3n) is 1.94. The van der Waals surface area contributed by atoms with Gasteiger partial charge in [0.2, 0.25) is 5.95 Å². The zero-order valence-electron chi connectivity index (χ0n) is 8.90. The SMILES string of the molecule is CCCNCCN(C)c1ncccn1. The number of rotatable bonds is 6. The first kappa shape index (κ1) is 10.9. The minimum absolute atomic E-state index is 0.783. The predicted octanol–water partition coefficient (Wildman–Crippen LogP) is 0.912. The summed E-state index contributed by atoms with van der Waals surface area (Å²) < 4.78 is 0. The second kappa shape index (κ2) is 6.32. The fourth-order valence-electron chi connectivity index (χ4n) is 1.14. The van der Waals surface area contributed by atoms with Gasteiger partial charge >= 0.3 is 0 Å². The minimum Gasteiger partial charge on any atom is -0.343 e. The first-order chi connectivity index (χ1) is 6.84. The van der Waals surface area contributed by atoms with Gasteiger partial charge in [0.05, 0.1) is 0 Å². The minimum atomic E-state index is 0.783. The first-order valence-electron chi connectivity index (χ1n) is 5.03. The van der Waals surface area contributed by atoms with Crippen LogP contribution in [0.1, 0.15) is 13.3 Å². The van der Waals surface area contributed by atoms with Crippen LogP contribution in [0.2, 0.25) is 0 Å². The smallest absolute Gasteiger partial charge is 0.225 e. The van der Waals surface area contributed by atoms with Crippen LogP contribution in [0.3, 0.4) is 0 Å². The number of nitrogens with zero attached hydrogens (tertiary/aromatic N) is 3. The summed E-state index contributed by atoms with van der Waals surface area (Å²) in [6.07, 6.45) is 4.70. The molecule has 4 nitrogen and oxygen atoms in total. The highest BCUT2D eigenvalue weighted by Crippen LogP contribution is 1.99. The summed E-state index contributed by atoms with van der Waals surface area (Å²) in [6.45, 7) is 5.15. The Morgan fingerprint density at radius 3 is 2.64 bits per heavy atom. The van der Waals surface area contributed by atoms with Crippen molar-refractivity contribution in [1.82, 2.24) is 15.3 Å². The molecule has 0 aliphatic rings. The highest BCUT2D eigenvalue weighted by atomic mass is 15.2. The van der Waals surface area contributed by atoms with Gasteiger partial charge in [0, 0.05) is 32.5 Å². The number of hydrogen-bond donors (Lipinski definition) is 1. The lowest BCUT2D eigenvalue weighted by Crippen LogP contribution is -2.30. The number of nitrogens with one attached hydrogen (secondary N) is 1. The molecule has 0 bridgehead atoms. The van der Waals surface area contributed by atoms with E-state index >= 15 is 0 Å². The van der Waals surface area contributed by atoms with E-state index in [9.17, 15) is 0 Å². The van der Waals surface area contributed by atoms with Gasteiger partial charge in [-0.2, -0.15) is 0 Å². The van der Waals surface area contributed by atoms with E-state index in [2.05, 4.69) is 22.2 Å². The van der Waals surface area contributed by atoms with E-state index < -0.39 is 0 Å². The Labute approximate surface area is 85.4 Å². The van der Waals surface area contributed by atoms with Crippen molar-refractivity contribution < 1.29 is 0 Å². The summed E-state index contributed by atoms with van der Waals surface area (Å²) in [5.41, 5.74) is 0. The highest BCUT2D eigenvalue weighted by molar-refractivity contribution is 5.26. The van der Waals surface area contributed by atoms with E-state index in [1.807, 2.05) is 18.0 Å². The number of hydrogen-bond acceptors (Lipinski definition) is 4. The molecule has 0 aliphatic carbocycles. The van der Waals surface area contributed by atoms with Crippen LogP contribution >= 0.6 is 0 Å². The molecule has 4 heteroatoms. The molecule has 1 aromatic rings. The maximum Gasteiger partial charge on any atom is 0.225 e. The average Bonchev–Trinajstić information content (AvgIpc) is 2.25. The number of likely N-dealkylation sites (N-methyl/N-ethyl adjacent to an activating group) is 1. The Balaban J connectivity index is 2.25. The lowest BCUT2D eigenvalue weighted by Gasteiger charge is -2.16. The maximum atomic E-state index is 4.16. The zero-order chi connectivity index (χ0) is 10.2. The quantitative estimate of drug-likeness (QED) is 0.683. The molecule has 1 heterocycles. The van der Waals surface area contributed by atoms with E-state index in [0.29, 0.717) is 0 Å². The van der Waals surface area contributed by atoms with Gasteiger partial charge in [0.15, 0.2) is 0 Å². The first-order valence-corrected chi connectivity index (χ1v) is 5.03. The Hall–Kier alpha value is -1.16. The highest BCUT2D eigenvalue weighted by Gasteiger charge is 2.00. The topological polar surface area (TPSA) is 41.0 Å². The maximum absolute atomic E-state index is 4.16. The van der Waals surface area contributed by atoms with E-state index in [1.54, 1.807) is 12.4 Å². The molecule has 0 unspecified atom stereocenters. The van der Waals surface area contributed by atoms with Crippen LogP contribution in [0.4, 0.5) is 5.95 Å². The molecule has 0 saturated heterocycles. The van der Waals surface area contributed by atoms with E-state index in [4.69, 9.17) is 0 Å². The van der Waals surface area contributed by atoms with E-state index in [-0.39, 0.29) is 0 Å². The van der Waals surface area contributed by atoms with Crippen molar-refractivity contribution in [3.05, 3.63) is 18.5 Å². The second-order valence-electron chi connectivity index (χ2n) is 3.22. The second-order valence-corrected chi connectivity index (χ2v) is 3.22. The van der Waals surface area contributed by atoms with Gasteiger partial charge in [0.1, 0.15) is 0 Å². The molecule has 0 aliphatic heterocycles. The molecule has 0 spiro atoms. The third-order valence-corrected chi connectivity index (χ3v) is 1.94. The molecule has 0 amide bonds. The standard InChI is InChI=1S/C10H18N4/c1-3-5-11-8-9-14(2)10-12-6-4-7-13-10/h4,6-7,11H,3,5,8-9H2,1-2H3. The van der Waals surface area contributed by atoms with Gasteiger partial charge in [0.25, 0.3) is 0 Å². The van der Waals surface area contributed by atoms with Crippen LogP contribution in [0.25, 0.3) is 0 Å². The van der Waals surface area contributed by atoms with Crippen LogP contribution < -0.4 is 10.2 Å². The molecule has 14 heavy (non-hydrogen) atoms. The van der Waals surface area contributed by atoms with Gasteiger partial charge in [-0.25, -0.2) is 9.97 Å². The van der Waals surface area contributed by atoms with Crippen LogP contribution in [0, 0.1) is 0 Å². The van der Waals surface area contributed by atoms with E-state index in [0.717, 1.165) is 25.6 Å². The summed E-state index contributed by atoms with van der Waals surface area (Å²) in [5.74, 6) is 0.783. The molecular formula is C10H18N4.